The van der Waals surface area contributed by atoms with Gasteiger partial charge in [-0.1, -0.05) is 12.8 Å². The Balaban J connectivity index is 1.27. The minimum atomic E-state index is 0.0556. The molecule has 1 aliphatic heterocycles. The lowest BCUT2D eigenvalue weighted by Crippen LogP contribution is -2.43. The summed E-state index contributed by atoms with van der Waals surface area (Å²) in [5, 5.41) is 11.2. The number of anilines is 1. The van der Waals surface area contributed by atoms with Gasteiger partial charge in [0.1, 0.15) is 0 Å². The Morgan fingerprint density at radius 2 is 1.83 bits per heavy atom. The third kappa shape index (κ3) is 4.96. The predicted octanol–water partition coefficient (Wildman–Crippen LogP) is 3.15. The maximum Gasteiger partial charge on any atom is 0.251 e. The Morgan fingerprint density at radius 1 is 1.14 bits per heavy atom. The zero-order valence-electron chi connectivity index (χ0n) is 17.4. The topological polar surface area (TPSA) is 74.5 Å². The van der Waals surface area contributed by atoms with Crippen LogP contribution in [-0.4, -0.2) is 53.2 Å². The van der Waals surface area contributed by atoms with Crippen molar-refractivity contribution < 1.29 is 9.21 Å². The minimum absolute atomic E-state index is 0.0556. The molecule has 1 aliphatic carbocycles. The van der Waals surface area contributed by atoms with Gasteiger partial charge in [-0.2, -0.15) is 0 Å². The summed E-state index contributed by atoms with van der Waals surface area (Å²) in [6, 6.07) is 8.93. The number of aryl methyl sites for hydroxylation is 1. The second-order valence-corrected chi connectivity index (χ2v) is 8.35. The van der Waals surface area contributed by atoms with Gasteiger partial charge in [0.05, 0.1) is 6.54 Å². The van der Waals surface area contributed by atoms with Crippen LogP contribution in [0.2, 0.25) is 0 Å². The lowest BCUT2D eigenvalue weighted by molar-refractivity contribution is 0.0938. The average Bonchev–Trinajstić information content (AvgIpc) is 3.40. The highest BCUT2D eigenvalue weighted by Gasteiger charge is 2.24. The van der Waals surface area contributed by atoms with Crippen molar-refractivity contribution in [2.75, 3.05) is 25.0 Å². The van der Waals surface area contributed by atoms with Gasteiger partial charge in [0.25, 0.3) is 5.91 Å². The summed E-state index contributed by atoms with van der Waals surface area (Å²) in [6.07, 6.45) is 6.85. The molecule has 0 bridgehead atoms. The van der Waals surface area contributed by atoms with Crippen LogP contribution >= 0.6 is 0 Å². The maximum atomic E-state index is 12.4. The second-order valence-electron chi connectivity index (χ2n) is 8.35. The molecule has 1 N–H and O–H groups in total. The normalized spacial score (nSPS) is 18.5. The van der Waals surface area contributed by atoms with E-state index in [1.165, 1.54) is 18.5 Å². The van der Waals surface area contributed by atoms with Crippen LogP contribution in [0.5, 0.6) is 0 Å². The molecule has 1 aromatic heterocycles. The molecule has 29 heavy (non-hydrogen) atoms. The van der Waals surface area contributed by atoms with Crippen molar-refractivity contribution in [3.63, 3.8) is 0 Å². The number of nitrogens with one attached hydrogen (secondary N) is 1. The molecule has 4 rings (SSSR count). The smallest absolute Gasteiger partial charge is 0.251 e. The fourth-order valence-electron chi connectivity index (χ4n) is 4.47. The van der Waals surface area contributed by atoms with Crippen molar-refractivity contribution in [2.24, 2.45) is 0 Å². The zero-order chi connectivity index (χ0) is 20.2. The summed E-state index contributed by atoms with van der Waals surface area (Å²) in [6.45, 7) is 4.52. The van der Waals surface area contributed by atoms with Gasteiger partial charge in [-0.3, -0.25) is 9.69 Å². The van der Waals surface area contributed by atoms with Crippen molar-refractivity contribution in [3.05, 3.63) is 41.6 Å². The highest BCUT2D eigenvalue weighted by Crippen LogP contribution is 2.24. The van der Waals surface area contributed by atoms with E-state index in [1.54, 1.807) is 0 Å². The van der Waals surface area contributed by atoms with Crippen molar-refractivity contribution in [1.82, 2.24) is 20.4 Å². The van der Waals surface area contributed by atoms with E-state index in [-0.39, 0.29) is 5.91 Å². The molecule has 2 heterocycles. The Bertz CT molecular complexity index is 805. The Kier molecular flexibility index (Phi) is 6.13. The van der Waals surface area contributed by atoms with Crippen molar-refractivity contribution in [2.45, 2.75) is 64.1 Å². The lowest BCUT2D eigenvalue weighted by Gasteiger charge is -2.37. The number of aromatic nitrogens is 2. The van der Waals surface area contributed by atoms with E-state index >= 15 is 0 Å². The Labute approximate surface area is 172 Å². The second kappa shape index (κ2) is 8.95. The number of piperidine rings is 1. The van der Waals surface area contributed by atoms with E-state index in [2.05, 4.69) is 44.5 Å². The molecule has 0 radical (unpaired) electrons. The van der Waals surface area contributed by atoms with Crippen molar-refractivity contribution in [3.8, 4) is 0 Å². The van der Waals surface area contributed by atoms with Gasteiger partial charge in [0.15, 0.2) is 0 Å². The molecule has 0 atom stereocenters. The van der Waals surface area contributed by atoms with Crippen LogP contribution in [0, 0.1) is 6.92 Å². The Hall–Kier alpha value is -2.41. The third-order valence-corrected chi connectivity index (χ3v) is 6.23. The Morgan fingerprint density at radius 3 is 2.45 bits per heavy atom. The molecule has 156 valence electrons. The number of carbonyl (C=O) groups is 1. The molecule has 1 amide bonds. The molecule has 7 nitrogen and oxygen atoms in total. The van der Waals surface area contributed by atoms with Gasteiger partial charge < -0.3 is 14.6 Å². The number of rotatable bonds is 6. The quantitative estimate of drug-likeness (QED) is 0.807. The molecule has 2 aromatic rings. The van der Waals surface area contributed by atoms with Gasteiger partial charge >= 0.3 is 0 Å². The third-order valence-electron chi connectivity index (χ3n) is 6.23. The standard InChI is InChI=1S/C22H31N5O2/c1-16-24-25-21(29-16)15-26(2)19-11-13-27(14-12-19)20-9-7-17(8-10-20)22(28)23-18-5-3-4-6-18/h7-10,18-19H,3-6,11-15H2,1-2H3,(H,23,28). The zero-order valence-corrected chi connectivity index (χ0v) is 17.4. The van der Waals surface area contributed by atoms with Crippen LogP contribution in [0.3, 0.4) is 0 Å². The van der Waals surface area contributed by atoms with E-state index in [0.29, 0.717) is 30.4 Å². The van der Waals surface area contributed by atoms with E-state index in [4.69, 9.17) is 4.42 Å². The van der Waals surface area contributed by atoms with Gasteiger partial charge in [-0.05, 0) is 57.0 Å². The summed E-state index contributed by atoms with van der Waals surface area (Å²) >= 11 is 0. The van der Waals surface area contributed by atoms with Crippen LogP contribution in [0.1, 0.15) is 60.7 Å². The van der Waals surface area contributed by atoms with Crippen LogP contribution < -0.4 is 10.2 Å². The maximum absolute atomic E-state index is 12.4. The lowest BCUT2D eigenvalue weighted by atomic mass is 10.0. The average molecular weight is 398 g/mol. The molecular formula is C22H31N5O2. The number of carbonyl (C=O) groups excluding carboxylic acids is 1. The number of benzene rings is 1. The van der Waals surface area contributed by atoms with Crippen LogP contribution in [0.25, 0.3) is 0 Å². The molecule has 1 aromatic carbocycles. The number of nitrogens with zero attached hydrogens (tertiary/aromatic N) is 4. The van der Waals surface area contributed by atoms with Gasteiger partial charge in [-0.15, -0.1) is 10.2 Å². The van der Waals surface area contributed by atoms with Gasteiger partial charge in [0.2, 0.25) is 11.8 Å². The van der Waals surface area contributed by atoms with Gasteiger partial charge in [-0.25, -0.2) is 0 Å². The SMILES string of the molecule is Cc1nnc(CN(C)C2CCN(c3ccc(C(=O)NC4CCCC4)cc3)CC2)o1. The summed E-state index contributed by atoms with van der Waals surface area (Å²) in [4.78, 5) is 17.1. The van der Waals surface area contributed by atoms with Crippen LogP contribution in [-0.2, 0) is 6.54 Å². The summed E-state index contributed by atoms with van der Waals surface area (Å²) in [5.74, 6) is 1.35. The molecule has 7 heteroatoms. The van der Waals surface area contributed by atoms with Crippen LogP contribution in [0.15, 0.2) is 28.7 Å². The number of hydrogen-bond acceptors (Lipinski definition) is 6. The summed E-state index contributed by atoms with van der Waals surface area (Å²) in [7, 11) is 2.12. The minimum Gasteiger partial charge on any atom is -0.424 e. The molecular weight excluding hydrogens is 366 g/mol. The highest BCUT2D eigenvalue weighted by molar-refractivity contribution is 5.94. The van der Waals surface area contributed by atoms with Gasteiger partial charge in [0, 0.05) is 43.3 Å². The first-order valence-electron chi connectivity index (χ1n) is 10.7. The number of amides is 1. The molecule has 0 spiro atoms. The summed E-state index contributed by atoms with van der Waals surface area (Å²) < 4.78 is 5.50. The molecule has 2 fully saturated rings. The monoisotopic (exact) mass is 397 g/mol. The molecule has 1 saturated carbocycles. The van der Waals surface area contributed by atoms with E-state index in [0.717, 1.165) is 44.3 Å². The van der Waals surface area contributed by atoms with Crippen LogP contribution in [0.4, 0.5) is 5.69 Å². The number of hydrogen-bond donors (Lipinski definition) is 1. The first-order valence-corrected chi connectivity index (χ1v) is 10.7. The highest BCUT2D eigenvalue weighted by atomic mass is 16.4. The molecule has 2 aliphatic rings. The first kappa shape index (κ1) is 19.9. The predicted molar refractivity (Wildman–Crippen MR) is 112 cm³/mol. The van der Waals surface area contributed by atoms with E-state index in [1.807, 2.05) is 19.1 Å². The molecule has 1 saturated heterocycles. The first-order chi connectivity index (χ1) is 14.1. The van der Waals surface area contributed by atoms with E-state index in [9.17, 15) is 4.79 Å². The largest absolute Gasteiger partial charge is 0.424 e. The van der Waals surface area contributed by atoms with E-state index < -0.39 is 0 Å². The fourth-order valence-corrected chi connectivity index (χ4v) is 4.47. The fraction of sp³-hybridized carbons (Fsp3) is 0.591. The van der Waals surface area contributed by atoms with Crippen molar-refractivity contribution >= 4 is 11.6 Å². The van der Waals surface area contributed by atoms with Crippen molar-refractivity contribution in [1.29, 1.82) is 0 Å². The summed E-state index contributed by atoms with van der Waals surface area (Å²) in [5.41, 5.74) is 1.95. The molecule has 0 unspecified atom stereocenters.